The number of aryl methyl sites for hydroxylation is 3. The molecule has 1 fully saturated rings. The number of amides is 2. The van der Waals surface area contributed by atoms with Crippen molar-refractivity contribution in [1.29, 1.82) is 0 Å². The lowest BCUT2D eigenvalue weighted by Crippen LogP contribution is -2.39. The number of imide groups is 1. The number of rotatable bonds is 7. The molecular weight excluding hydrogens is 414 g/mol. The van der Waals surface area contributed by atoms with E-state index in [9.17, 15) is 9.59 Å². The van der Waals surface area contributed by atoms with Crippen molar-refractivity contribution in [2.45, 2.75) is 34.1 Å². The molecule has 0 spiro atoms. The Balaban J connectivity index is 1.63. The highest BCUT2D eigenvalue weighted by atomic mass is 16.5. The van der Waals surface area contributed by atoms with E-state index in [0.29, 0.717) is 17.8 Å². The molecule has 0 bridgehead atoms. The predicted molar refractivity (Wildman–Crippen MR) is 131 cm³/mol. The van der Waals surface area contributed by atoms with Crippen molar-refractivity contribution in [3.05, 3.63) is 69.9 Å². The smallest absolute Gasteiger partial charge is 0.278 e. The van der Waals surface area contributed by atoms with Gasteiger partial charge in [0.25, 0.3) is 11.8 Å². The molecule has 0 aromatic heterocycles. The number of hydrogen-bond acceptors (Lipinski definition) is 5. The highest BCUT2D eigenvalue weighted by Gasteiger charge is 2.39. The number of anilines is 1. The van der Waals surface area contributed by atoms with Crippen molar-refractivity contribution in [1.82, 2.24) is 9.80 Å². The molecule has 6 heteroatoms. The number of carbonyl (C=O) groups is 2. The summed E-state index contributed by atoms with van der Waals surface area (Å²) in [7, 11) is 0. The van der Waals surface area contributed by atoms with Crippen LogP contribution in [0.2, 0.25) is 0 Å². The number of ether oxygens (including phenoxy) is 1. The quantitative estimate of drug-likeness (QED) is 0.654. The summed E-state index contributed by atoms with van der Waals surface area (Å²) in [6.07, 6.45) is 0.744. The Kier molecular flexibility index (Phi) is 6.96. The molecule has 0 aliphatic carbocycles. The molecule has 0 saturated carbocycles. The van der Waals surface area contributed by atoms with Crippen LogP contribution in [0.5, 0.6) is 0 Å². The number of morpholine rings is 1. The van der Waals surface area contributed by atoms with Gasteiger partial charge in [0.15, 0.2) is 0 Å². The molecule has 33 heavy (non-hydrogen) atoms. The van der Waals surface area contributed by atoms with Crippen molar-refractivity contribution < 1.29 is 14.3 Å². The van der Waals surface area contributed by atoms with Gasteiger partial charge >= 0.3 is 0 Å². The summed E-state index contributed by atoms with van der Waals surface area (Å²) in [5.74, 6) is -0.473. The fourth-order valence-electron chi connectivity index (χ4n) is 4.54. The highest BCUT2D eigenvalue weighted by Crippen LogP contribution is 2.33. The van der Waals surface area contributed by atoms with Gasteiger partial charge in [0.2, 0.25) is 0 Å². The van der Waals surface area contributed by atoms with E-state index in [-0.39, 0.29) is 11.8 Å². The standard InChI is InChI=1S/C27H33N3O3/c1-18-9-10-22(20(3)17-18)24-25(28-23-8-5-7-19(2)21(23)4)27(32)30(26(24)31)12-6-11-29-13-15-33-16-14-29/h5,7-10,17,28H,6,11-16H2,1-4H3. The average molecular weight is 448 g/mol. The first kappa shape index (κ1) is 23.2. The van der Waals surface area contributed by atoms with Crippen molar-refractivity contribution in [3.63, 3.8) is 0 Å². The Bertz CT molecular complexity index is 1100. The van der Waals surface area contributed by atoms with Gasteiger partial charge in [-0.15, -0.1) is 0 Å². The monoisotopic (exact) mass is 447 g/mol. The van der Waals surface area contributed by atoms with Gasteiger partial charge < -0.3 is 10.1 Å². The van der Waals surface area contributed by atoms with E-state index in [1.807, 2.05) is 58.0 Å². The van der Waals surface area contributed by atoms with Crippen LogP contribution < -0.4 is 5.32 Å². The molecule has 2 heterocycles. The number of hydrogen-bond donors (Lipinski definition) is 1. The van der Waals surface area contributed by atoms with Crippen LogP contribution in [0, 0.1) is 27.7 Å². The summed E-state index contributed by atoms with van der Waals surface area (Å²) in [5, 5.41) is 3.33. The second-order valence-electron chi connectivity index (χ2n) is 9.01. The van der Waals surface area contributed by atoms with E-state index in [4.69, 9.17) is 4.74 Å². The van der Waals surface area contributed by atoms with Gasteiger partial charge in [0.1, 0.15) is 5.70 Å². The van der Waals surface area contributed by atoms with E-state index >= 15 is 0 Å². The third kappa shape index (κ3) is 4.87. The Labute approximate surface area is 196 Å². The van der Waals surface area contributed by atoms with Crippen LogP contribution in [0.4, 0.5) is 5.69 Å². The minimum Gasteiger partial charge on any atom is -0.379 e. The molecule has 2 aliphatic rings. The zero-order valence-electron chi connectivity index (χ0n) is 20.0. The minimum absolute atomic E-state index is 0.221. The zero-order chi connectivity index (χ0) is 23.5. The molecule has 4 rings (SSSR count). The predicted octanol–water partition coefficient (Wildman–Crippen LogP) is 3.83. The Morgan fingerprint density at radius 1 is 0.909 bits per heavy atom. The van der Waals surface area contributed by atoms with Gasteiger partial charge in [-0.05, 0) is 62.4 Å². The summed E-state index contributed by atoms with van der Waals surface area (Å²) in [4.78, 5) is 30.8. The topological polar surface area (TPSA) is 61.9 Å². The first-order chi connectivity index (χ1) is 15.9. The van der Waals surface area contributed by atoms with Crippen LogP contribution in [0.1, 0.15) is 34.2 Å². The second-order valence-corrected chi connectivity index (χ2v) is 9.01. The lowest BCUT2D eigenvalue weighted by atomic mass is 9.97. The molecule has 2 aromatic rings. The van der Waals surface area contributed by atoms with Crippen LogP contribution in [0.3, 0.4) is 0 Å². The molecule has 0 unspecified atom stereocenters. The fraction of sp³-hybridized carbons (Fsp3) is 0.407. The van der Waals surface area contributed by atoms with Crippen LogP contribution in [0.15, 0.2) is 42.1 Å². The molecule has 2 amide bonds. The van der Waals surface area contributed by atoms with Crippen molar-refractivity contribution >= 4 is 23.1 Å². The molecule has 1 saturated heterocycles. The van der Waals surface area contributed by atoms with E-state index in [1.165, 1.54) is 4.90 Å². The molecule has 2 aliphatic heterocycles. The lowest BCUT2D eigenvalue weighted by Gasteiger charge is -2.27. The number of nitrogens with zero attached hydrogens (tertiary/aromatic N) is 2. The molecule has 2 aromatic carbocycles. The van der Waals surface area contributed by atoms with E-state index in [2.05, 4.69) is 16.3 Å². The highest BCUT2D eigenvalue weighted by molar-refractivity contribution is 6.36. The summed E-state index contributed by atoms with van der Waals surface area (Å²) in [5.41, 5.74) is 6.80. The summed E-state index contributed by atoms with van der Waals surface area (Å²) in [6.45, 7) is 12.6. The first-order valence-electron chi connectivity index (χ1n) is 11.7. The van der Waals surface area contributed by atoms with Gasteiger partial charge in [-0.1, -0.05) is 35.9 Å². The third-order valence-corrected chi connectivity index (χ3v) is 6.64. The maximum atomic E-state index is 13.6. The lowest BCUT2D eigenvalue weighted by molar-refractivity contribution is -0.136. The van der Waals surface area contributed by atoms with Gasteiger partial charge in [0, 0.05) is 31.9 Å². The van der Waals surface area contributed by atoms with Crippen molar-refractivity contribution in [2.75, 3.05) is 44.7 Å². The van der Waals surface area contributed by atoms with Gasteiger partial charge in [-0.25, -0.2) is 0 Å². The van der Waals surface area contributed by atoms with E-state index < -0.39 is 0 Å². The van der Waals surface area contributed by atoms with E-state index in [1.54, 1.807) is 0 Å². The number of nitrogens with one attached hydrogen (secondary N) is 1. The van der Waals surface area contributed by atoms with Gasteiger partial charge in [0.05, 0.1) is 18.8 Å². The third-order valence-electron chi connectivity index (χ3n) is 6.64. The van der Waals surface area contributed by atoms with Crippen LogP contribution in [0.25, 0.3) is 5.57 Å². The SMILES string of the molecule is Cc1ccc(C2=C(Nc3cccc(C)c3C)C(=O)N(CCCN3CCOCC3)C2=O)c(C)c1. The molecule has 0 radical (unpaired) electrons. The fourth-order valence-corrected chi connectivity index (χ4v) is 4.54. The van der Waals surface area contributed by atoms with Crippen molar-refractivity contribution in [3.8, 4) is 0 Å². The molecule has 1 N–H and O–H groups in total. The molecule has 0 atom stereocenters. The van der Waals surface area contributed by atoms with Crippen LogP contribution >= 0.6 is 0 Å². The zero-order valence-corrected chi connectivity index (χ0v) is 20.0. The van der Waals surface area contributed by atoms with Crippen LogP contribution in [-0.4, -0.2) is 61.0 Å². The minimum atomic E-state index is -0.252. The Hall–Kier alpha value is -2.96. The number of carbonyl (C=O) groups excluding carboxylic acids is 2. The molecule has 6 nitrogen and oxygen atoms in total. The molecule has 174 valence electrons. The summed E-state index contributed by atoms with van der Waals surface area (Å²) >= 11 is 0. The van der Waals surface area contributed by atoms with Gasteiger partial charge in [-0.2, -0.15) is 0 Å². The Morgan fingerprint density at radius 2 is 1.67 bits per heavy atom. The average Bonchev–Trinajstić information content (AvgIpc) is 3.02. The van der Waals surface area contributed by atoms with E-state index in [0.717, 1.165) is 72.8 Å². The van der Waals surface area contributed by atoms with Gasteiger partial charge in [-0.3, -0.25) is 19.4 Å². The summed E-state index contributed by atoms with van der Waals surface area (Å²) in [6, 6.07) is 11.9. The first-order valence-corrected chi connectivity index (χ1v) is 11.7. The van der Waals surface area contributed by atoms with Crippen molar-refractivity contribution in [2.24, 2.45) is 0 Å². The molecular formula is C27H33N3O3. The van der Waals surface area contributed by atoms with Crippen LogP contribution in [-0.2, 0) is 14.3 Å². The largest absolute Gasteiger partial charge is 0.379 e. The Morgan fingerprint density at radius 3 is 2.39 bits per heavy atom. The number of benzene rings is 2. The second kappa shape index (κ2) is 9.89. The normalized spacial score (nSPS) is 17.3. The summed E-state index contributed by atoms with van der Waals surface area (Å²) < 4.78 is 5.41. The maximum absolute atomic E-state index is 13.6. The maximum Gasteiger partial charge on any atom is 0.278 e.